The van der Waals surface area contributed by atoms with Gasteiger partial charge >= 0.3 is 0 Å². The number of amides is 1. The van der Waals surface area contributed by atoms with Crippen molar-refractivity contribution in [3.05, 3.63) is 23.9 Å². The molecule has 19 heavy (non-hydrogen) atoms. The first-order valence-electron chi connectivity index (χ1n) is 6.60. The summed E-state index contributed by atoms with van der Waals surface area (Å²) in [5.41, 5.74) is 0.630. The lowest BCUT2D eigenvalue weighted by Gasteiger charge is -2.09. The molecule has 0 aromatic carbocycles. The molecule has 0 fully saturated rings. The maximum atomic E-state index is 11.9. The van der Waals surface area contributed by atoms with E-state index in [1.807, 2.05) is 0 Å². The fourth-order valence-corrected chi connectivity index (χ4v) is 1.50. The molecule has 1 amide bonds. The zero-order valence-electron chi connectivity index (χ0n) is 11.9. The van der Waals surface area contributed by atoms with Crippen molar-refractivity contribution in [3.8, 4) is 0 Å². The van der Waals surface area contributed by atoms with Gasteiger partial charge in [0.2, 0.25) is 0 Å². The zero-order chi connectivity index (χ0) is 14.1. The third-order valence-corrected chi connectivity index (χ3v) is 2.52. The van der Waals surface area contributed by atoms with E-state index in [4.69, 9.17) is 4.74 Å². The number of carbonyl (C=O) groups excluding carboxylic acids is 1. The topological polar surface area (TPSA) is 63.2 Å². The lowest BCUT2D eigenvalue weighted by molar-refractivity contribution is 0.0949. The molecule has 0 spiro atoms. The van der Waals surface area contributed by atoms with Crippen molar-refractivity contribution in [3.63, 3.8) is 0 Å². The van der Waals surface area contributed by atoms with Crippen LogP contribution < -0.4 is 10.6 Å². The number of anilines is 1. The maximum Gasteiger partial charge on any atom is 0.251 e. The number of carbonyl (C=O) groups is 1. The molecule has 0 radical (unpaired) electrons. The van der Waals surface area contributed by atoms with Crippen molar-refractivity contribution in [1.29, 1.82) is 0 Å². The van der Waals surface area contributed by atoms with E-state index in [1.165, 1.54) is 0 Å². The molecule has 1 aromatic heterocycles. The minimum absolute atomic E-state index is 0.0592. The molecule has 5 nitrogen and oxygen atoms in total. The van der Waals surface area contributed by atoms with Crippen molar-refractivity contribution < 1.29 is 9.53 Å². The molecule has 0 aliphatic carbocycles. The van der Waals surface area contributed by atoms with Crippen LogP contribution in [0.25, 0.3) is 0 Å². The van der Waals surface area contributed by atoms with Crippen LogP contribution in [-0.2, 0) is 4.74 Å². The van der Waals surface area contributed by atoms with Crippen LogP contribution in [0.15, 0.2) is 18.3 Å². The number of aromatic nitrogens is 1. The highest BCUT2D eigenvalue weighted by atomic mass is 16.5. The van der Waals surface area contributed by atoms with Crippen LogP contribution in [0.1, 0.15) is 30.6 Å². The number of hydrogen-bond acceptors (Lipinski definition) is 4. The molecule has 0 aliphatic heterocycles. The summed E-state index contributed by atoms with van der Waals surface area (Å²) in [4.78, 5) is 16.1. The number of pyridine rings is 1. The summed E-state index contributed by atoms with van der Waals surface area (Å²) in [6, 6.07) is 3.48. The zero-order valence-corrected chi connectivity index (χ0v) is 11.9. The summed E-state index contributed by atoms with van der Waals surface area (Å²) in [6.45, 7) is 6.29. The molecule has 0 saturated heterocycles. The van der Waals surface area contributed by atoms with Crippen LogP contribution in [0.2, 0.25) is 0 Å². The van der Waals surface area contributed by atoms with Crippen molar-refractivity contribution >= 4 is 11.7 Å². The largest absolute Gasteiger partial charge is 0.385 e. The highest BCUT2D eigenvalue weighted by Crippen LogP contribution is 2.07. The Morgan fingerprint density at radius 3 is 2.95 bits per heavy atom. The molecule has 1 rings (SSSR count). The lowest BCUT2D eigenvalue weighted by Crippen LogP contribution is -2.27. The Balaban J connectivity index is 2.49. The highest BCUT2D eigenvalue weighted by Gasteiger charge is 2.07. The van der Waals surface area contributed by atoms with Crippen molar-refractivity contribution in [2.45, 2.75) is 20.3 Å². The third kappa shape index (κ3) is 6.20. The second-order valence-corrected chi connectivity index (χ2v) is 4.81. The standard InChI is InChI=1S/C14H23N3O2/c1-11(2)10-17-14(18)12-5-7-16-13(9-12)15-6-4-8-19-3/h5,7,9,11H,4,6,8,10H2,1-3H3,(H,15,16)(H,17,18). The monoisotopic (exact) mass is 265 g/mol. The second-order valence-electron chi connectivity index (χ2n) is 4.81. The Labute approximate surface area is 114 Å². The molecule has 5 heteroatoms. The molecule has 1 heterocycles. The SMILES string of the molecule is COCCCNc1cc(C(=O)NCC(C)C)ccn1. The number of nitrogens with zero attached hydrogens (tertiary/aromatic N) is 1. The number of ether oxygens (including phenoxy) is 1. The van der Waals surface area contributed by atoms with E-state index >= 15 is 0 Å². The van der Waals surface area contributed by atoms with Gasteiger partial charge < -0.3 is 15.4 Å². The Kier molecular flexibility index (Phi) is 6.89. The van der Waals surface area contributed by atoms with E-state index in [0.717, 1.165) is 13.0 Å². The Morgan fingerprint density at radius 1 is 1.47 bits per heavy atom. The van der Waals surface area contributed by atoms with Crippen molar-refractivity contribution in [2.24, 2.45) is 5.92 Å². The van der Waals surface area contributed by atoms with E-state index in [0.29, 0.717) is 30.5 Å². The van der Waals surface area contributed by atoms with Crippen LogP contribution in [0.3, 0.4) is 0 Å². The summed E-state index contributed by atoms with van der Waals surface area (Å²) in [7, 11) is 1.68. The molecule has 0 saturated carbocycles. The first-order valence-corrected chi connectivity index (χ1v) is 6.60. The van der Waals surface area contributed by atoms with Gasteiger partial charge in [0.25, 0.3) is 5.91 Å². The predicted molar refractivity (Wildman–Crippen MR) is 76.4 cm³/mol. The first kappa shape index (κ1) is 15.4. The van der Waals surface area contributed by atoms with Crippen LogP contribution in [0.4, 0.5) is 5.82 Å². The van der Waals surface area contributed by atoms with Crippen LogP contribution in [-0.4, -0.2) is 37.7 Å². The molecule has 0 atom stereocenters. The number of rotatable bonds is 8. The Hall–Kier alpha value is -1.62. The summed E-state index contributed by atoms with van der Waals surface area (Å²) >= 11 is 0. The number of methoxy groups -OCH3 is 1. The Morgan fingerprint density at radius 2 is 2.26 bits per heavy atom. The van der Waals surface area contributed by atoms with Crippen molar-refractivity contribution in [1.82, 2.24) is 10.3 Å². The number of hydrogen-bond donors (Lipinski definition) is 2. The molecule has 1 aromatic rings. The normalized spacial score (nSPS) is 10.5. The van der Waals surface area contributed by atoms with E-state index in [-0.39, 0.29) is 5.91 Å². The smallest absolute Gasteiger partial charge is 0.251 e. The lowest BCUT2D eigenvalue weighted by atomic mass is 10.2. The van der Waals surface area contributed by atoms with Crippen LogP contribution in [0.5, 0.6) is 0 Å². The van der Waals surface area contributed by atoms with E-state index in [1.54, 1.807) is 25.4 Å². The molecule has 0 bridgehead atoms. The summed E-state index contributed by atoms with van der Waals surface area (Å²) in [5, 5.41) is 6.06. The molecule has 106 valence electrons. The second kappa shape index (κ2) is 8.48. The average molecular weight is 265 g/mol. The fourth-order valence-electron chi connectivity index (χ4n) is 1.50. The summed E-state index contributed by atoms with van der Waals surface area (Å²) < 4.78 is 4.97. The first-order chi connectivity index (χ1) is 9.13. The highest BCUT2D eigenvalue weighted by molar-refractivity contribution is 5.94. The van der Waals surface area contributed by atoms with E-state index in [2.05, 4.69) is 29.5 Å². The van der Waals surface area contributed by atoms with E-state index in [9.17, 15) is 4.79 Å². The van der Waals surface area contributed by atoms with Crippen LogP contribution >= 0.6 is 0 Å². The van der Waals surface area contributed by atoms with Gasteiger partial charge in [-0.2, -0.15) is 0 Å². The van der Waals surface area contributed by atoms with E-state index < -0.39 is 0 Å². The van der Waals surface area contributed by atoms with Crippen molar-refractivity contribution in [2.75, 3.05) is 32.1 Å². The van der Waals surface area contributed by atoms with Gasteiger partial charge in [-0.15, -0.1) is 0 Å². The molecule has 0 unspecified atom stereocenters. The minimum Gasteiger partial charge on any atom is -0.385 e. The Bertz CT molecular complexity index is 394. The van der Waals surface area contributed by atoms with Gasteiger partial charge in [0.05, 0.1) is 0 Å². The van der Waals surface area contributed by atoms with Gasteiger partial charge in [0.1, 0.15) is 5.82 Å². The molecular weight excluding hydrogens is 242 g/mol. The van der Waals surface area contributed by atoms with Gasteiger partial charge in [-0.1, -0.05) is 13.8 Å². The van der Waals surface area contributed by atoms with Gasteiger partial charge in [-0.05, 0) is 24.5 Å². The third-order valence-electron chi connectivity index (χ3n) is 2.52. The predicted octanol–water partition coefficient (Wildman–Crippen LogP) is 1.92. The molecular formula is C14H23N3O2. The maximum absolute atomic E-state index is 11.9. The summed E-state index contributed by atoms with van der Waals surface area (Å²) in [6.07, 6.45) is 2.55. The van der Waals surface area contributed by atoms with Gasteiger partial charge in [-0.3, -0.25) is 4.79 Å². The van der Waals surface area contributed by atoms with Crippen LogP contribution in [0, 0.1) is 5.92 Å². The minimum atomic E-state index is -0.0592. The van der Waals surface area contributed by atoms with Gasteiger partial charge in [0.15, 0.2) is 0 Å². The number of nitrogens with one attached hydrogen (secondary N) is 2. The summed E-state index contributed by atoms with van der Waals surface area (Å²) in [5.74, 6) is 1.10. The van der Waals surface area contributed by atoms with Gasteiger partial charge in [0, 0.05) is 38.6 Å². The van der Waals surface area contributed by atoms with Gasteiger partial charge in [-0.25, -0.2) is 4.98 Å². The quantitative estimate of drug-likeness (QED) is 0.705. The fraction of sp³-hybridized carbons (Fsp3) is 0.571. The molecule has 0 aliphatic rings. The molecule has 2 N–H and O–H groups in total. The average Bonchev–Trinajstić information content (AvgIpc) is 2.41.